The van der Waals surface area contributed by atoms with Crippen molar-refractivity contribution in [3.63, 3.8) is 0 Å². The number of hydrogen-bond donors (Lipinski definition) is 1. The average molecular weight is 539 g/mol. The molecule has 3 aliphatic rings. The summed E-state index contributed by atoms with van der Waals surface area (Å²) < 4.78 is 6.25. The van der Waals surface area contributed by atoms with Crippen LogP contribution in [0, 0.1) is 5.92 Å². The van der Waals surface area contributed by atoms with Crippen LogP contribution in [0.15, 0.2) is 41.4 Å². The van der Waals surface area contributed by atoms with E-state index in [-0.39, 0.29) is 24.0 Å². The van der Waals surface area contributed by atoms with Gasteiger partial charge in [0.2, 0.25) is 0 Å². The monoisotopic (exact) mass is 538 g/mol. The van der Waals surface area contributed by atoms with Gasteiger partial charge in [0.25, 0.3) is 0 Å². The quantitative estimate of drug-likeness (QED) is 0.234. The fraction of sp³-hybridized carbons (Fsp3) is 0.640. The van der Waals surface area contributed by atoms with Crippen molar-refractivity contribution in [1.29, 1.82) is 0 Å². The third kappa shape index (κ3) is 7.11. The van der Waals surface area contributed by atoms with Crippen molar-refractivity contribution in [3.8, 4) is 0 Å². The molecule has 1 N–H and O–H groups in total. The molecule has 5 nitrogen and oxygen atoms in total. The molecule has 4 rings (SSSR count). The van der Waals surface area contributed by atoms with Crippen LogP contribution in [0.3, 0.4) is 0 Å². The molecule has 0 unspecified atom stereocenters. The molecule has 1 aromatic carbocycles. The lowest BCUT2D eigenvalue weighted by molar-refractivity contribution is 0.00101. The molecule has 0 aromatic heterocycles. The van der Waals surface area contributed by atoms with Crippen LogP contribution in [0.2, 0.25) is 0 Å². The smallest absolute Gasteiger partial charge is 0.194 e. The average Bonchev–Trinajstić information content (AvgIpc) is 3.50. The fourth-order valence-corrected chi connectivity index (χ4v) is 4.82. The number of hydrogen-bond acceptors (Lipinski definition) is 3. The van der Waals surface area contributed by atoms with Crippen molar-refractivity contribution < 1.29 is 4.74 Å². The molecule has 0 bridgehead atoms. The maximum Gasteiger partial charge on any atom is 0.194 e. The Morgan fingerprint density at radius 2 is 1.84 bits per heavy atom. The summed E-state index contributed by atoms with van der Waals surface area (Å²) >= 11 is 0. The second-order valence-electron chi connectivity index (χ2n) is 8.89. The van der Waals surface area contributed by atoms with Crippen LogP contribution in [0.5, 0.6) is 0 Å². The first kappa shape index (κ1) is 24.4. The first-order valence-corrected chi connectivity index (χ1v) is 12.0. The van der Waals surface area contributed by atoms with E-state index in [0.29, 0.717) is 6.10 Å². The largest absolute Gasteiger partial charge is 0.378 e. The number of guanidine groups is 1. The Bertz CT molecular complexity index is 716. The van der Waals surface area contributed by atoms with Gasteiger partial charge in [-0.3, -0.25) is 0 Å². The van der Waals surface area contributed by atoms with Crippen LogP contribution in [-0.4, -0.2) is 56.3 Å². The summed E-state index contributed by atoms with van der Waals surface area (Å²) in [4.78, 5) is 9.76. The molecule has 1 aromatic rings. The standard InChI is InChI=1S/C25H38N4O.HI/c1-2-26-25(27-19-22-10-7-11-23(18-22)28-14-5-6-15-28)29-16-12-24(13-17-29)30-20-21-8-3-4-9-21;/h5-7,10-11,18,21,24H,2-4,8-9,12-17,19-20H2,1H3,(H,26,27);1H. The zero-order valence-electron chi connectivity index (χ0n) is 19.0. The fourth-order valence-electron chi connectivity index (χ4n) is 4.82. The number of halogens is 1. The highest BCUT2D eigenvalue weighted by atomic mass is 127. The maximum atomic E-state index is 6.25. The molecule has 31 heavy (non-hydrogen) atoms. The van der Waals surface area contributed by atoms with E-state index in [1.165, 1.54) is 36.9 Å². The highest BCUT2D eigenvalue weighted by Crippen LogP contribution is 2.26. The summed E-state index contributed by atoms with van der Waals surface area (Å²) in [6, 6.07) is 8.81. The van der Waals surface area contributed by atoms with Crippen LogP contribution in [-0.2, 0) is 11.3 Å². The van der Waals surface area contributed by atoms with E-state index >= 15 is 0 Å². The van der Waals surface area contributed by atoms with Crippen LogP contribution in [0.4, 0.5) is 5.69 Å². The van der Waals surface area contributed by atoms with E-state index in [9.17, 15) is 0 Å². The third-order valence-electron chi connectivity index (χ3n) is 6.62. The third-order valence-corrected chi connectivity index (χ3v) is 6.62. The molecule has 2 fully saturated rings. The molecule has 0 radical (unpaired) electrons. The van der Waals surface area contributed by atoms with Gasteiger partial charge in [0.1, 0.15) is 0 Å². The van der Waals surface area contributed by atoms with Crippen molar-refractivity contribution in [3.05, 3.63) is 42.0 Å². The van der Waals surface area contributed by atoms with E-state index in [1.807, 2.05) is 0 Å². The Morgan fingerprint density at radius 3 is 2.55 bits per heavy atom. The summed E-state index contributed by atoms with van der Waals surface area (Å²) in [5.74, 6) is 1.86. The molecule has 0 amide bonds. The Kier molecular flexibility index (Phi) is 9.96. The Morgan fingerprint density at radius 1 is 1.10 bits per heavy atom. The minimum Gasteiger partial charge on any atom is -0.378 e. The summed E-state index contributed by atoms with van der Waals surface area (Å²) in [6.45, 7) is 8.81. The Labute approximate surface area is 205 Å². The molecular weight excluding hydrogens is 499 g/mol. The summed E-state index contributed by atoms with van der Waals surface area (Å²) in [7, 11) is 0. The minimum absolute atomic E-state index is 0. The maximum absolute atomic E-state index is 6.25. The van der Waals surface area contributed by atoms with Crippen LogP contribution in [0.1, 0.15) is 51.0 Å². The number of likely N-dealkylation sites (tertiary alicyclic amines) is 1. The zero-order valence-corrected chi connectivity index (χ0v) is 21.3. The second-order valence-corrected chi connectivity index (χ2v) is 8.89. The molecular formula is C25H39IN4O. The van der Waals surface area contributed by atoms with Crippen molar-refractivity contribution in [2.75, 3.05) is 44.2 Å². The number of anilines is 1. The number of rotatable bonds is 7. The number of nitrogens with zero attached hydrogens (tertiary/aromatic N) is 3. The lowest BCUT2D eigenvalue weighted by Crippen LogP contribution is -2.47. The zero-order chi connectivity index (χ0) is 20.6. The van der Waals surface area contributed by atoms with Crippen molar-refractivity contribution in [2.45, 2.75) is 58.1 Å². The predicted molar refractivity (Wildman–Crippen MR) is 141 cm³/mol. The SMILES string of the molecule is CCNC(=NCc1cccc(N2CC=CC2)c1)N1CCC(OCC2CCCC2)CC1.I. The van der Waals surface area contributed by atoms with Gasteiger partial charge < -0.3 is 19.9 Å². The molecule has 0 spiro atoms. The number of aliphatic imine (C=N–C) groups is 1. The van der Waals surface area contributed by atoms with Gasteiger partial charge in [0, 0.05) is 45.0 Å². The van der Waals surface area contributed by atoms with Crippen LogP contribution < -0.4 is 10.2 Å². The van der Waals surface area contributed by atoms with Crippen LogP contribution >= 0.6 is 24.0 Å². The molecule has 1 saturated heterocycles. The summed E-state index contributed by atoms with van der Waals surface area (Å²) in [5, 5.41) is 3.50. The Hall–Kier alpha value is -1.28. The topological polar surface area (TPSA) is 40.1 Å². The molecule has 0 atom stereocenters. The molecule has 172 valence electrons. The van der Waals surface area contributed by atoms with Gasteiger partial charge in [0.15, 0.2) is 5.96 Å². The van der Waals surface area contributed by atoms with Gasteiger partial charge in [0.05, 0.1) is 12.6 Å². The van der Waals surface area contributed by atoms with Crippen molar-refractivity contribution >= 4 is 35.6 Å². The second kappa shape index (κ2) is 12.7. The number of benzene rings is 1. The normalized spacial score (nSPS) is 20.4. The highest BCUT2D eigenvalue weighted by molar-refractivity contribution is 14.0. The van der Waals surface area contributed by atoms with Crippen molar-refractivity contribution in [2.24, 2.45) is 10.9 Å². The van der Waals surface area contributed by atoms with Gasteiger partial charge >= 0.3 is 0 Å². The summed E-state index contributed by atoms with van der Waals surface area (Å²) in [5.41, 5.74) is 2.56. The first-order chi connectivity index (χ1) is 14.8. The predicted octanol–water partition coefficient (Wildman–Crippen LogP) is 4.82. The van der Waals surface area contributed by atoms with E-state index in [1.54, 1.807) is 0 Å². The van der Waals surface area contributed by atoms with Crippen LogP contribution in [0.25, 0.3) is 0 Å². The lowest BCUT2D eigenvalue weighted by Gasteiger charge is -2.34. The molecule has 1 saturated carbocycles. The van der Waals surface area contributed by atoms with E-state index in [2.05, 4.69) is 58.5 Å². The van der Waals surface area contributed by atoms with Gasteiger partial charge in [-0.15, -0.1) is 24.0 Å². The molecule has 2 heterocycles. The van der Waals surface area contributed by atoms with Gasteiger partial charge in [-0.05, 0) is 56.2 Å². The van der Waals surface area contributed by atoms with Gasteiger partial charge in [-0.2, -0.15) is 0 Å². The van der Waals surface area contributed by atoms with Gasteiger partial charge in [-0.25, -0.2) is 4.99 Å². The number of piperidine rings is 1. The first-order valence-electron chi connectivity index (χ1n) is 12.0. The number of nitrogens with one attached hydrogen (secondary N) is 1. The van der Waals surface area contributed by atoms with Gasteiger partial charge in [-0.1, -0.05) is 37.1 Å². The van der Waals surface area contributed by atoms with E-state index in [0.717, 1.165) is 70.6 Å². The molecule has 6 heteroatoms. The molecule has 2 aliphatic heterocycles. The molecule has 1 aliphatic carbocycles. The highest BCUT2D eigenvalue weighted by Gasteiger charge is 2.24. The number of ether oxygens (including phenoxy) is 1. The van der Waals surface area contributed by atoms with E-state index in [4.69, 9.17) is 9.73 Å². The van der Waals surface area contributed by atoms with Crippen molar-refractivity contribution in [1.82, 2.24) is 10.2 Å². The van der Waals surface area contributed by atoms with E-state index < -0.39 is 0 Å². The summed E-state index contributed by atoms with van der Waals surface area (Å²) in [6.07, 6.45) is 12.6. The lowest BCUT2D eigenvalue weighted by atomic mass is 10.1. The Balaban J connectivity index is 0.00000272. The minimum atomic E-state index is 0.